The summed E-state index contributed by atoms with van der Waals surface area (Å²) >= 11 is 0. The third-order valence-corrected chi connectivity index (χ3v) is 3.80. The number of benzene rings is 1. The van der Waals surface area contributed by atoms with Crippen LogP contribution in [-0.2, 0) is 9.59 Å². The molecule has 3 heterocycles. The van der Waals surface area contributed by atoms with Crippen LogP contribution < -0.4 is 19.7 Å². The van der Waals surface area contributed by atoms with Crippen molar-refractivity contribution in [2.24, 2.45) is 0 Å². The minimum absolute atomic E-state index is 0.0137. The smallest absolute Gasteiger partial charge is 0.433 e. The first kappa shape index (κ1) is 16.3. The molecule has 11 nitrogen and oxygen atoms in total. The van der Waals surface area contributed by atoms with Crippen LogP contribution in [0, 0.1) is 10.1 Å². The van der Waals surface area contributed by atoms with Gasteiger partial charge < -0.3 is 13.9 Å². The Kier molecular flexibility index (Phi) is 3.62. The Bertz CT molecular complexity index is 1040. The standard InChI is InChI=1S/C16H9N3O8/c20-14-10(6-9-2-4-13(27-9)19(23)24)15(21)18(16(22)17-14)8-1-3-11-12(5-8)26-7-25-11/h1-6H,7H2,(H,17,20,22). The van der Waals surface area contributed by atoms with Gasteiger partial charge in [0.1, 0.15) is 16.3 Å². The average Bonchev–Trinajstić information content (AvgIpc) is 3.27. The topological polar surface area (TPSA) is 141 Å². The van der Waals surface area contributed by atoms with Crippen molar-refractivity contribution in [1.82, 2.24) is 5.32 Å². The maximum atomic E-state index is 12.7. The van der Waals surface area contributed by atoms with Gasteiger partial charge in [0.05, 0.1) is 11.8 Å². The highest BCUT2D eigenvalue weighted by Gasteiger charge is 2.37. The van der Waals surface area contributed by atoms with Crippen LogP contribution in [0.15, 0.2) is 40.3 Å². The molecule has 27 heavy (non-hydrogen) atoms. The Morgan fingerprint density at radius 3 is 2.63 bits per heavy atom. The monoisotopic (exact) mass is 371 g/mol. The molecule has 4 amide bonds. The number of carbonyl (C=O) groups is 3. The predicted octanol–water partition coefficient (Wildman–Crippen LogP) is 1.58. The van der Waals surface area contributed by atoms with Gasteiger partial charge in [-0.05, 0) is 24.3 Å². The lowest BCUT2D eigenvalue weighted by molar-refractivity contribution is -0.402. The minimum Gasteiger partial charge on any atom is -0.454 e. The van der Waals surface area contributed by atoms with Crippen LogP contribution in [0.4, 0.5) is 16.4 Å². The van der Waals surface area contributed by atoms with Gasteiger partial charge in [-0.25, -0.2) is 9.69 Å². The molecule has 2 aromatic rings. The molecule has 2 aliphatic rings. The number of nitro groups is 1. The first-order valence-electron chi connectivity index (χ1n) is 7.49. The van der Waals surface area contributed by atoms with Gasteiger partial charge in [-0.3, -0.25) is 25.0 Å². The molecule has 0 radical (unpaired) electrons. The summed E-state index contributed by atoms with van der Waals surface area (Å²) in [6.45, 7) is 0.0137. The summed E-state index contributed by atoms with van der Waals surface area (Å²) in [7, 11) is 0. The summed E-state index contributed by atoms with van der Waals surface area (Å²) in [6, 6.07) is 5.77. The van der Waals surface area contributed by atoms with Crippen LogP contribution in [0.3, 0.4) is 0 Å². The molecule has 0 aliphatic carbocycles. The molecule has 4 rings (SSSR count). The van der Waals surface area contributed by atoms with E-state index in [9.17, 15) is 24.5 Å². The summed E-state index contributed by atoms with van der Waals surface area (Å²) in [4.78, 5) is 47.6. The number of rotatable bonds is 3. The number of imide groups is 2. The van der Waals surface area contributed by atoms with E-state index in [0.29, 0.717) is 11.5 Å². The van der Waals surface area contributed by atoms with E-state index in [1.54, 1.807) is 0 Å². The molecule has 0 unspecified atom stereocenters. The molecule has 0 atom stereocenters. The van der Waals surface area contributed by atoms with Crippen molar-refractivity contribution in [3.05, 3.63) is 51.8 Å². The zero-order valence-electron chi connectivity index (χ0n) is 13.3. The van der Waals surface area contributed by atoms with Gasteiger partial charge in [-0.2, -0.15) is 0 Å². The second kappa shape index (κ2) is 5.98. The zero-order chi connectivity index (χ0) is 19.1. The molecule has 0 bridgehead atoms. The number of fused-ring (bicyclic) bond motifs is 1. The highest BCUT2D eigenvalue weighted by molar-refractivity contribution is 6.39. The zero-order valence-corrected chi connectivity index (χ0v) is 13.3. The second-order valence-corrected chi connectivity index (χ2v) is 5.43. The van der Waals surface area contributed by atoms with Gasteiger partial charge in [-0.15, -0.1) is 0 Å². The van der Waals surface area contributed by atoms with Crippen LogP contribution in [0.5, 0.6) is 11.5 Å². The number of nitrogens with one attached hydrogen (secondary N) is 1. The van der Waals surface area contributed by atoms with Crippen molar-refractivity contribution < 1.29 is 33.2 Å². The van der Waals surface area contributed by atoms with E-state index < -0.39 is 34.2 Å². The summed E-state index contributed by atoms with van der Waals surface area (Å²) in [5.74, 6) is -1.69. The van der Waals surface area contributed by atoms with E-state index in [1.807, 2.05) is 5.32 Å². The second-order valence-electron chi connectivity index (χ2n) is 5.43. The summed E-state index contributed by atoms with van der Waals surface area (Å²) < 4.78 is 15.3. The summed E-state index contributed by atoms with van der Waals surface area (Å²) in [6.07, 6.45) is 1.02. The number of urea groups is 1. The molecular weight excluding hydrogens is 362 g/mol. The average molecular weight is 371 g/mol. The Labute approximate surface area is 149 Å². The highest BCUT2D eigenvalue weighted by atomic mass is 16.7. The summed E-state index contributed by atoms with van der Waals surface area (Å²) in [5, 5.41) is 12.7. The van der Waals surface area contributed by atoms with E-state index in [4.69, 9.17) is 13.9 Å². The van der Waals surface area contributed by atoms with Crippen molar-refractivity contribution >= 4 is 35.5 Å². The summed E-state index contributed by atoms with van der Waals surface area (Å²) in [5.41, 5.74) is -0.262. The fraction of sp³-hybridized carbons (Fsp3) is 0.0625. The Morgan fingerprint density at radius 2 is 1.89 bits per heavy atom. The fourth-order valence-electron chi connectivity index (χ4n) is 2.58. The quantitative estimate of drug-likeness (QED) is 0.371. The number of furan rings is 1. The van der Waals surface area contributed by atoms with Crippen molar-refractivity contribution in [3.8, 4) is 11.5 Å². The number of carbonyl (C=O) groups excluding carboxylic acids is 3. The van der Waals surface area contributed by atoms with Gasteiger partial charge in [0, 0.05) is 6.07 Å². The van der Waals surface area contributed by atoms with Crippen LogP contribution in [-0.4, -0.2) is 29.6 Å². The Morgan fingerprint density at radius 1 is 1.11 bits per heavy atom. The normalized spacial score (nSPS) is 17.4. The predicted molar refractivity (Wildman–Crippen MR) is 86.9 cm³/mol. The number of anilines is 1. The number of amides is 4. The van der Waals surface area contributed by atoms with Crippen LogP contribution in [0.2, 0.25) is 0 Å². The lowest BCUT2D eigenvalue weighted by Gasteiger charge is -2.26. The molecule has 1 saturated heterocycles. The van der Waals surface area contributed by atoms with Gasteiger partial charge in [0.15, 0.2) is 11.5 Å². The van der Waals surface area contributed by atoms with Crippen molar-refractivity contribution in [3.63, 3.8) is 0 Å². The fourth-order valence-corrected chi connectivity index (χ4v) is 2.58. The van der Waals surface area contributed by atoms with E-state index in [1.165, 1.54) is 24.3 Å². The molecule has 1 fully saturated rings. The highest BCUT2D eigenvalue weighted by Crippen LogP contribution is 2.36. The largest absolute Gasteiger partial charge is 0.454 e. The van der Waals surface area contributed by atoms with Crippen molar-refractivity contribution in [2.75, 3.05) is 11.7 Å². The molecule has 0 saturated carbocycles. The van der Waals surface area contributed by atoms with Crippen LogP contribution >= 0.6 is 0 Å². The lowest BCUT2D eigenvalue weighted by Crippen LogP contribution is -2.54. The molecule has 11 heteroatoms. The molecule has 136 valence electrons. The first-order valence-corrected chi connectivity index (χ1v) is 7.49. The minimum atomic E-state index is -0.943. The van der Waals surface area contributed by atoms with Crippen molar-refractivity contribution in [1.29, 1.82) is 0 Å². The number of hydrogen-bond acceptors (Lipinski definition) is 8. The molecule has 1 N–H and O–H groups in total. The Hall–Kier alpha value is -4.15. The maximum Gasteiger partial charge on any atom is 0.433 e. The molecule has 0 spiro atoms. The number of ether oxygens (including phenoxy) is 2. The van der Waals surface area contributed by atoms with Gasteiger partial charge in [-0.1, -0.05) is 0 Å². The van der Waals surface area contributed by atoms with E-state index in [-0.39, 0.29) is 18.2 Å². The third kappa shape index (κ3) is 2.76. The van der Waals surface area contributed by atoms with E-state index in [2.05, 4.69) is 0 Å². The molecule has 2 aliphatic heterocycles. The van der Waals surface area contributed by atoms with E-state index >= 15 is 0 Å². The van der Waals surface area contributed by atoms with Crippen LogP contribution in [0.1, 0.15) is 5.76 Å². The first-order chi connectivity index (χ1) is 12.9. The molecule has 1 aromatic carbocycles. The number of nitrogens with zero attached hydrogens (tertiary/aromatic N) is 2. The Balaban J connectivity index is 1.70. The number of barbiturate groups is 1. The van der Waals surface area contributed by atoms with Gasteiger partial charge in [0.2, 0.25) is 6.79 Å². The van der Waals surface area contributed by atoms with Gasteiger partial charge >= 0.3 is 11.9 Å². The maximum absolute atomic E-state index is 12.7. The van der Waals surface area contributed by atoms with Crippen molar-refractivity contribution in [2.45, 2.75) is 0 Å². The lowest BCUT2D eigenvalue weighted by atomic mass is 10.1. The van der Waals surface area contributed by atoms with E-state index in [0.717, 1.165) is 17.0 Å². The molecular formula is C16H9N3O8. The SMILES string of the molecule is O=C1NC(=O)N(c2ccc3c(c2)OCO3)C(=O)C1=Cc1ccc([N+](=O)[O-])o1. The third-order valence-electron chi connectivity index (χ3n) is 3.80. The van der Waals surface area contributed by atoms with Crippen LogP contribution in [0.25, 0.3) is 6.08 Å². The number of hydrogen-bond donors (Lipinski definition) is 1. The van der Waals surface area contributed by atoms with Gasteiger partial charge in [0.25, 0.3) is 11.8 Å². The molecule has 1 aromatic heterocycles.